The van der Waals surface area contributed by atoms with E-state index in [0.29, 0.717) is 6.42 Å². The van der Waals surface area contributed by atoms with Crippen molar-refractivity contribution in [2.75, 3.05) is 18.4 Å². The SMILES string of the molecule is CCCC(N)C(=O)N(CC)CC(=O)Nc1ccccc1C(F)(F)F. The van der Waals surface area contributed by atoms with E-state index in [4.69, 9.17) is 5.73 Å². The van der Waals surface area contributed by atoms with E-state index in [1.807, 2.05) is 6.92 Å². The number of hydrogen-bond acceptors (Lipinski definition) is 3. The molecule has 0 aromatic heterocycles. The van der Waals surface area contributed by atoms with E-state index in [2.05, 4.69) is 5.32 Å². The van der Waals surface area contributed by atoms with Gasteiger partial charge in [0.05, 0.1) is 23.8 Å². The smallest absolute Gasteiger partial charge is 0.332 e. The number of rotatable bonds is 7. The average Bonchev–Trinajstić information content (AvgIpc) is 2.51. The molecular weight excluding hydrogens is 323 g/mol. The summed E-state index contributed by atoms with van der Waals surface area (Å²) in [7, 11) is 0. The molecule has 1 rings (SSSR count). The zero-order valence-corrected chi connectivity index (χ0v) is 13.7. The van der Waals surface area contributed by atoms with E-state index >= 15 is 0 Å². The van der Waals surface area contributed by atoms with Crippen LogP contribution < -0.4 is 11.1 Å². The van der Waals surface area contributed by atoms with Gasteiger partial charge >= 0.3 is 6.18 Å². The second-order valence-electron chi connectivity index (χ2n) is 5.34. The summed E-state index contributed by atoms with van der Waals surface area (Å²) in [6.07, 6.45) is -3.38. The van der Waals surface area contributed by atoms with Gasteiger partial charge in [-0.1, -0.05) is 25.5 Å². The number of benzene rings is 1. The molecule has 1 aromatic carbocycles. The van der Waals surface area contributed by atoms with Gasteiger partial charge in [-0.05, 0) is 25.5 Å². The van der Waals surface area contributed by atoms with Crippen molar-refractivity contribution in [3.05, 3.63) is 29.8 Å². The normalized spacial score (nSPS) is 12.6. The number of amides is 2. The molecule has 5 nitrogen and oxygen atoms in total. The van der Waals surface area contributed by atoms with Crippen LogP contribution in [0.2, 0.25) is 0 Å². The van der Waals surface area contributed by atoms with Crippen LogP contribution in [0.25, 0.3) is 0 Å². The molecule has 0 aliphatic heterocycles. The average molecular weight is 345 g/mol. The van der Waals surface area contributed by atoms with Crippen molar-refractivity contribution in [1.29, 1.82) is 0 Å². The summed E-state index contributed by atoms with van der Waals surface area (Å²) in [4.78, 5) is 25.4. The highest BCUT2D eigenvalue weighted by Crippen LogP contribution is 2.34. The molecule has 1 atom stereocenters. The van der Waals surface area contributed by atoms with Crippen LogP contribution in [0.1, 0.15) is 32.3 Å². The molecule has 8 heteroatoms. The summed E-state index contributed by atoms with van der Waals surface area (Å²) in [5, 5.41) is 2.21. The monoisotopic (exact) mass is 345 g/mol. The minimum Gasteiger partial charge on any atom is -0.332 e. The number of carbonyl (C=O) groups excluding carboxylic acids is 2. The number of nitrogens with two attached hydrogens (primary N) is 1. The quantitative estimate of drug-likeness (QED) is 0.798. The van der Waals surface area contributed by atoms with Gasteiger partial charge in [0.25, 0.3) is 0 Å². The fraction of sp³-hybridized carbons (Fsp3) is 0.500. The lowest BCUT2D eigenvalue weighted by Crippen LogP contribution is -2.46. The largest absolute Gasteiger partial charge is 0.418 e. The predicted octanol–water partition coefficient (Wildman–Crippen LogP) is 2.62. The standard InChI is InChI=1S/C16H22F3N3O2/c1-3-7-12(20)15(24)22(4-2)10-14(23)21-13-9-6-5-8-11(13)16(17,18)19/h5-6,8-9,12H,3-4,7,10,20H2,1-2H3,(H,21,23). The van der Waals surface area contributed by atoms with Crippen LogP contribution >= 0.6 is 0 Å². The van der Waals surface area contributed by atoms with Crippen LogP contribution in [-0.4, -0.2) is 35.8 Å². The zero-order valence-electron chi connectivity index (χ0n) is 13.7. The van der Waals surface area contributed by atoms with Gasteiger partial charge in [0.2, 0.25) is 11.8 Å². The van der Waals surface area contributed by atoms with Crippen LogP contribution in [0.4, 0.5) is 18.9 Å². The summed E-state index contributed by atoms with van der Waals surface area (Å²) in [6, 6.07) is 3.97. The summed E-state index contributed by atoms with van der Waals surface area (Å²) in [5.41, 5.74) is 4.47. The van der Waals surface area contributed by atoms with E-state index in [9.17, 15) is 22.8 Å². The van der Waals surface area contributed by atoms with Gasteiger partial charge in [-0.25, -0.2) is 0 Å². The van der Waals surface area contributed by atoms with E-state index in [-0.39, 0.29) is 18.8 Å². The molecule has 0 heterocycles. The second-order valence-corrected chi connectivity index (χ2v) is 5.34. The van der Waals surface area contributed by atoms with Crippen LogP contribution in [0, 0.1) is 0 Å². The first-order chi connectivity index (χ1) is 11.2. The highest BCUT2D eigenvalue weighted by Gasteiger charge is 2.33. The maximum absolute atomic E-state index is 12.9. The van der Waals surface area contributed by atoms with Crippen LogP contribution in [-0.2, 0) is 15.8 Å². The third-order valence-electron chi connectivity index (χ3n) is 3.45. The Morgan fingerprint density at radius 2 is 1.88 bits per heavy atom. The van der Waals surface area contributed by atoms with Gasteiger partial charge in [-0.15, -0.1) is 0 Å². The topological polar surface area (TPSA) is 75.4 Å². The lowest BCUT2D eigenvalue weighted by Gasteiger charge is -2.24. The summed E-state index contributed by atoms with van der Waals surface area (Å²) < 4.78 is 38.7. The van der Waals surface area contributed by atoms with Gasteiger partial charge in [-0.3, -0.25) is 9.59 Å². The Morgan fingerprint density at radius 1 is 1.25 bits per heavy atom. The maximum Gasteiger partial charge on any atom is 0.418 e. The number of para-hydroxylation sites is 1. The minimum absolute atomic E-state index is 0.241. The van der Waals surface area contributed by atoms with Crippen molar-refractivity contribution >= 4 is 17.5 Å². The van der Waals surface area contributed by atoms with Crippen molar-refractivity contribution in [2.24, 2.45) is 5.73 Å². The highest BCUT2D eigenvalue weighted by atomic mass is 19.4. The predicted molar refractivity (Wildman–Crippen MR) is 85.2 cm³/mol. The molecule has 2 amide bonds. The number of alkyl halides is 3. The van der Waals surface area contributed by atoms with Crippen molar-refractivity contribution in [3.63, 3.8) is 0 Å². The molecule has 1 unspecified atom stereocenters. The molecule has 0 bridgehead atoms. The Hall–Kier alpha value is -2.09. The lowest BCUT2D eigenvalue weighted by atomic mass is 10.1. The number of hydrogen-bond donors (Lipinski definition) is 2. The Bertz CT molecular complexity index is 576. The molecule has 1 aromatic rings. The Labute approximate surface area is 139 Å². The van der Waals surface area contributed by atoms with Crippen molar-refractivity contribution in [2.45, 2.75) is 38.9 Å². The fourth-order valence-electron chi connectivity index (χ4n) is 2.22. The van der Waals surface area contributed by atoms with Crippen molar-refractivity contribution in [3.8, 4) is 0 Å². The van der Waals surface area contributed by atoms with Gasteiger partial charge in [0, 0.05) is 6.54 Å². The van der Waals surface area contributed by atoms with Gasteiger partial charge in [-0.2, -0.15) is 13.2 Å². The minimum atomic E-state index is -4.58. The number of anilines is 1. The van der Waals surface area contributed by atoms with Crippen molar-refractivity contribution < 1.29 is 22.8 Å². The molecule has 0 spiro atoms. The fourth-order valence-corrected chi connectivity index (χ4v) is 2.22. The third kappa shape index (κ3) is 5.52. The van der Waals surface area contributed by atoms with E-state index < -0.39 is 29.6 Å². The molecule has 0 aliphatic rings. The number of carbonyl (C=O) groups is 2. The van der Waals surface area contributed by atoms with E-state index in [1.54, 1.807) is 6.92 Å². The summed E-state index contributed by atoms with van der Waals surface area (Å²) in [5.74, 6) is -1.09. The Morgan fingerprint density at radius 3 is 2.42 bits per heavy atom. The summed E-state index contributed by atoms with van der Waals surface area (Å²) >= 11 is 0. The first-order valence-electron chi connectivity index (χ1n) is 7.71. The molecule has 0 saturated carbocycles. The highest BCUT2D eigenvalue weighted by molar-refractivity contribution is 5.95. The van der Waals surface area contributed by atoms with E-state index in [1.165, 1.54) is 23.1 Å². The number of nitrogens with zero attached hydrogens (tertiary/aromatic N) is 1. The lowest BCUT2D eigenvalue weighted by molar-refractivity contribution is -0.137. The molecule has 24 heavy (non-hydrogen) atoms. The Kier molecular flexibility index (Phi) is 7.21. The van der Waals surface area contributed by atoms with Gasteiger partial charge < -0.3 is 16.0 Å². The molecule has 0 radical (unpaired) electrons. The first-order valence-corrected chi connectivity index (χ1v) is 7.71. The van der Waals surface area contributed by atoms with Crippen molar-refractivity contribution in [1.82, 2.24) is 4.90 Å². The van der Waals surface area contributed by atoms with Crippen LogP contribution in [0.15, 0.2) is 24.3 Å². The Balaban J connectivity index is 2.80. The number of halogens is 3. The van der Waals surface area contributed by atoms with E-state index in [0.717, 1.165) is 12.5 Å². The maximum atomic E-state index is 12.9. The number of likely N-dealkylation sites (N-methyl/N-ethyl adjacent to an activating group) is 1. The van der Waals surface area contributed by atoms with Gasteiger partial charge in [0.15, 0.2) is 0 Å². The zero-order chi connectivity index (χ0) is 18.3. The molecule has 0 aliphatic carbocycles. The third-order valence-corrected chi connectivity index (χ3v) is 3.45. The molecule has 134 valence electrons. The molecule has 0 fully saturated rings. The number of nitrogens with one attached hydrogen (secondary N) is 1. The first kappa shape index (κ1) is 20.0. The second kappa shape index (κ2) is 8.68. The molecule has 0 saturated heterocycles. The van der Waals surface area contributed by atoms with Crippen LogP contribution in [0.5, 0.6) is 0 Å². The van der Waals surface area contributed by atoms with Crippen LogP contribution in [0.3, 0.4) is 0 Å². The summed E-state index contributed by atoms with van der Waals surface area (Å²) in [6.45, 7) is 3.45. The van der Waals surface area contributed by atoms with Gasteiger partial charge in [0.1, 0.15) is 0 Å². The molecular formula is C16H22F3N3O2. The molecule has 3 N–H and O–H groups in total.